The van der Waals surface area contributed by atoms with E-state index in [2.05, 4.69) is 24.2 Å². The van der Waals surface area contributed by atoms with Gasteiger partial charge in [-0.1, -0.05) is 32.6 Å². The number of hydrogen-bond donors (Lipinski definition) is 1. The van der Waals surface area contributed by atoms with Gasteiger partial charge in [-0.05, 0) is 51.5 Å². The average Bonchev–Trinajstić information content (AvgIpc) is 2.68. The van der Waals surface area contributed by atoms with Crippen LogP contribution in [0.5, 0.6) is 0 Å². The quantitative estimate of drug-likeness (QED) is 0.801. The fourth-order valence-electron chi connectivity index (χ4n) is 3.74. The lowest BCUT2D eigenvalue weighted by molar-refractivity contribution is -0.123. The Labute approximate surface area is 124 Å². The first-order chi connectivity index (χ1) is 9.65. The fourth-order valence-corrected chi connectivity index (χ4v) is 3.74. The van der Waals surface area contributed by atoms with Crippen LogP contribution in [-0.2, 0) is 4.79 Å². The molecule has 0 unspecified atom stereocenters. The molecule has 0 spiro atoms. The van der Waals surface area contributed by atoms with Gasteiger partial charge >= 0.3 is 0 Å². The zero-order chi connectivity index (χ0) is 14.4. The smallest absolute Gasteiger partial charge is 0.234 e. The Hall–Kier alpha value is -0.570. The van der Waals surface area contributed by atoms with Gasteiger partial charge < -0.3 is 5.32 Å². The summed E-state index contributed by atoms with van der Waals surface area (Å²) in [4.78, 5) is 14.5. The molecule has 3 heteroatoms. The second-order valence-electron chi connectivity index (χ2n) is 7.08. The van der Waals surface area contributed by atoms with E-state index < -0.39 is 0 Å². The first kappa shape index (κ1) is 15.8. The summed E-state index contributed by atoms with van der Waals surface area (Å²) in [6.07, 6.45) is 12.7. The van der Waals surface area contributed by atoms with Gasteiger partial charge in [0.1, 0.15) is 0 Å². The van der Waals surface area contributed by atoms with Gasteiger partial charge in [-0.15, -0.1) is 0 Å². The van der Waals surface area contributed by atoms with E-state index in [1.54, 1.807) is 0 Å². The van der Waals surface area contributed by atoms with Gasteiger partial charge in [-0.3, -0.25) is 9.69 Å². The average molecular weight is 280 g/mol. The number of carbonyl (C=O) groups excluding carboxylic acids is 1. The predicted octanol–water partition coefficient (Wildman–Crippen LogP) is 3.34. The van der Waals surface area contributed by atoms with Crippen LogP contribution >= 0.6 is 0 Å². The van der Waals surface area contributed by atoms with E-state index in [1.165, 1.54) is 64.2 Å². The van der Waals surface area contributed by atoms with Crippen molar-refractivity contribution in [2.75, 3.05) is 13.6 Å². The van der Waals surface area contributed by atoms with Gasteiger partial charge in [0.15, 0.2) is 0 Å². The van der Waals surface area contributed by atoms with Crippen molar-refractivity contribution >= 4 is 5.91 Å². The van der Waals surface area contributed by atoms with Gasteiger partial charge in [0, 0.05) is 12.1 Å². The molecule has 1 N–H and O–H groups in total. The third-order valence-corrected chi connectivity index (χ3v) is 5.22. The van der Waals surface area contributed by atoms with E-state index >= 15 is 0 Å². The molecule has 2 aliphatic rings. The third-order valence-electron chi connectivity index (χ3n) is 5.22. The summed E-state index contributed by atoms with van der Waals surface area (Å²) in [5, 5.41) is 3.26. The first-order valence-electron chi connectivity index (χ1n) is 8.64. The molecule has 0 radical (unpaired) electrons. The van der Waals surface area contributed by atoms with Crippen LogP contribution in [0.25, 0.3) is 0 Å². The molecule has 3 nitrogen and oxygen atoms in total. The van der Waals surface area contributed by atoms with E-state index in [0.29, 0.717) is 18.6 Å². The molecule has 0 aliphatic heterocycles. The maximum absolute atomic E-state index is 12.2. The molecule has 1 amide bonds. The molecule has 0 bridgehead atoms. The minimum atomic E-state index is 0.234. The Morgan fingerprint density at radius 3 is 2.20 bits per heavy atom. The maximum Gasteiger partial charge on any atom is 0.234 e. The SMILES string of the molecule is CC1CCC(N(C)CC(=O)NC2CCCCCC2)CC1. The van der Waals surface area contributed by atoms with Crippen LogP contribution in [0.15, 0.2) is 0 Å². The summed E-state index contributed by atoms with van der Waals surface area (Å²) < 4.78 is 0. The first-order valence-corrected chi connectivity index (χ1v) is 8.64. The highest BCUT2D eigenvalue weighted by molar-refractivity contribution is 5.78. The number of nitrogens with one attached hydrogen (secondary N) is 1. The lowest BCUT2D eigenvalue weighted by atomic mass is 9.87. The van der Waals surface area contributed by atoms with Crippen molar-refractivity contribution in [3.8, 4) is 0 Å². The van der Waals surface area contributed by atoms with Crippen LogP contribution in [-0.4, -0.2) is 36.5 Å². The number of nitrogens with zero attached hydrogens (tertiary/aromatic N) is 1. The van der Waals surface area contributed by atoms with Crippen LogP contribution in [0, 0.1) is 5.92 Å². The summed E-state index contributed by atoms with van der Waals surface area (Å²) in [5.41, 5.74) is 0. The molecule has 0 heterocycles. The molecule has 2 fully saturated rings. The van der Waals surface area contributed by atoms with Gasteiger partial charge in [-0.25, -0.2) is 0 Å². The summed E-state index contributed by atoms with van der Waals surface area (Å²) in [5.74, 6) is 1.11. The highest BCUT2D eigenvalue weighted by Crippen LogP contribution is 2.26. The molecule has 0 aromatic heterocycles. The monoisotopic (exact) mass is 280 g/mol. The molecule has 2 saturated carbocycles. The number of hydrogen-bond acceptors (Lipinski definition) is 2. The van der Waals surface area contributed by atoms with E-state index in [9.17, 15) is 4.79 Å². The van der Waals surface area contributed by atoms with Crippen molar-refractivity contribution in [1.82, 2.24) is 10.2 Å². The molecule has 0 saturated heterocycles. The molecular formula is C17H32N2O. The predicted molar refractivity (Wildman–Crippen MR) is 83.7 cm³/mol. The van der Waals surface area contributed by atoms with Crippen molar-refractivity contribution < 1.29 is 4.79 Å². The topological polar surface area (TPSA) is 32.3 Å². The number of likely N-dealkylation sites (N-methyl/N-ethyl adjacent to an activating group) is 1. The standard InChI is InChI=1S/C17H32N2O/c1-14-9-11-16(12-10-14)19(2)13-17(20)18-15-7-5-3-4-6-8-15/h14-16H,3-13H2,1-2H3,(H,18,20). The molecule has 2 aliphatic carbocycles. The third kappa shape index (κ3) is 5.08. The van der Waals surface area contributed by atoms with E-state index in [1.807, 2.05) is 0 Å². The summed E-state index contributed by atoms with van der Waals surface area (Å²) in [6, 6.07) is 1.05. The maximum atomic E-state index is 12.2. The normalized spacial score (nSPS) is 29.1. The van der Waals surface area contributed by atoms with Gasteiger partial charge in [0.25, 0.3) is 0 Å². The Balaban J connectivity index is 1.70. The molecule has 0 aromatic carbocycles. The second-order valence-corrected chi connectivity index (χ2v) is 7.08. The Kier molecular flexibility index (Phi) is 6.34. The Morgan fingerprint density at radius 1 is 1.00 bits per heavy atom. The van der Waals surface area contributed by atoms with Crippen LogP contribution in [0.1, 0.15) is 71.1 Å². The fraction of sp³-hybridized carbons (Fsp3) is 0.941. The second kappa shape index (κ2) is 8.02. The minimum Gasteiger partial charge on any atom is -0.352 e. The lowest BCUT2D eigenvalue weighted by Crippen LogP contribution is -2.44. The van der Waals surface area contributed by atoms with Crippen molar-refractivity contribution in [1.29, 1.82) is 0 Å². The zero-order valence-corrected chi connectivity index (χ0v) is 13.4. The van der Waals surface area contributed by atoms with Gasteiger partial charge in [-0.2, -0.15) is 0 Å². The zero-order valence-electron chi connectivity index (χ0n) is 13.4. The summed E-state index contributed by atoms with van der Waals surface area (Å²) in [6.45, 7) is 2.92. The number of amides is 1. The van der Waals surface area contributed by atoms with Crippen molar-refractivity contribution in [3.63, 3.8) is 0 Å². The van der Waals surface area contributed by atoms with Crippen LogP contribution in [0.2, 0.25) is 0 Å². The molecule has 0 atom stereocenters. The lowest BCUT2D eigenvalue weighted by Gasteiger charge is -2.33. The highest BCUT2D eigenvalue weighted by atomic mass is 16.2. The molecule has 2 rings (SSSR count). The van der Waals surface area contributed by atoms with Gasteiger partial charge in [0.05, 0.1) is 6.54 Å². The number of rotatable bonds is 4. The molecular weight excluding hydrogens is 248 g/mol. The van der Waals surface area contributed by atoms with E-state index in [4.69, 9.17) is 0 Å². The Bertz CT molecular complexity index is 289. The Morgan fingerprint density at radius 2 is 1.60 bits per heavy atom. The molecule has 20 heavy (non-hydrogen) atoms. The van der Waals surface area contributed by atoms with Crippen molar-refractivity contribution in [2.24, 2.45) is 5.92 Å². The van der Waals surface area contributed by atoms with Crippen LogP contribution < -0.4 is 5.32 Å². The van der Waals surface area contributed by atoms with Crippen LogP contribution in [0.4, 0.5) is 0 Å². The molecule has 116 valence electrons. The molecule has 0 aromatic rings. The summed E-state index contributed by atoms with van der Waals surface area (Å²) >= 11 is 0. The van der Waals surface area contributed by atoms with E-state index in [-0.39, 0.29) is 5.91 Å². The number of carbonyl (C=O) groups is 1. The highest BCUT2D eigenvalue weighted by Gasteiger charge is 2.23. The van der Waals surface area contributed by atoms with Crippen LogP contribution in [0.3, 0.4) is 0 Å². The largest absolute Gasteiger partial charge is 0.352 e. The van der Waals surface area contributed by atoms with Crippen molar-refractivity contribution in [3.05, 3.63) is 0 Å². The van der Waals surface area contributed by atoms with E-state index in [0.717, 1.165) is 5.92 Å². The van der Waals surface area contributed by atoms with Gasteiger partial charge in [0.2, 0.25) is 5.91 Å². The minimum absolute atomic E-state index is 0.234. The summed E-state index contributed by atoms with van der Waals surface area (Å²) in [7, 11) is 2.12. The van der Waals surface area contributed by atoms with Crippen molar-refractivity contribution in [2.45, 2.75) is 83.2 Å².